The van der Waals surface area contributed by atoms with E-state index in [1.54, 1.807) is 36.4 Å². The van der Waals surface area contributed by atoms with Crippen LogP contribution in [0.5, 0.6) is 0 Å². The van der Waals surface area contributed by atoms with Gasteiger partial charge in [-0.2, -0.15) is 4.31 Å². The van der Waals surface area contributed by atoms with Crippen LogP contribution in [0.1, 0.15) is 12.5 Å². The first-order valence-electron chi connectivity index (χ1n) is 9.30. The van der Waals surface area contributed by atoms with Gasteiger partial charge in [-0.15, -0.1) is 0 Å². The molecule has 2 aromatic rings. The monoisotopic (exact) mass is 422 g/mol. The molecule has 1 saturated heterocycles. The van der Waals surface area contributed by atoms with Crippen molar-refractivity contribution in [1.82, 2.24) is 9.62 Å². The standard InChI is InChI=1S/C20H24ClN3O3S/c1-16(20(25)22-15-17-7-5-6-10-19(17)21)23-11-13-24(14-12-23)28(26,27)18-8-3-2-4-9-18/h2-10,16H,11-15H2,1H3,(H,22,25)/p+1/t16-/m1/s1. The third-order valence-electron chi connectivity index (χ3n) is 5.16. The van der Waals surface area contributed by atoms with Crippen LogP contribution in [0.15, 0.2) is 59.5 Å². The third-order valence-corrected chi connectivity index (χ3v) is 7.44. The molecule has 0 aromatic heterocycles. The van der Waals surface area contributed by atoms with Crippen LogP contribution in [0.25, 0.3) is 0 Å². The van der Waals surface area contributed by atoms with Crippen molar-refractivity contribution < 1.29 is 18.1 Å². The zero-order valence-corrected chi connectivity index (χ0v) is 17.3. The van der Waals surface area contributed by atoms with E-state index in [4.69, 9.17) is 11.6 Å². The lowest BCUT2D eigenvalue weighted by Gasteiger charge is -2.34. The number of nitrogens with one attached hydrogen (secondary N) is 2. The second-order valence-corrected chi connectivity index (χ2v) is 9.25. The van der Waals surface area contributed by atoms with E-state index in [1.165, 1.54) is 4.31 Å². The number of piperazine rings is 1. The fourth-order valence-corrected chi connectivity index (χ4v) is 5.02. The number of benzene rings is 2. The van der Waals surface area contributed by atoms with Gasteiger partial charge in [-0.25, -0.2) is 8.42 Å². The van der Waals surface area contributed by atoms with E-state index in [-0.39, 0.29) is 11.9 Å². The molecule has 0 spiro atoms. The summed E-state index contributed by atoms with van der Waals surface area (Å²) < 4.78 is 26.9. The highest BCUT2D eigenvalue weighted by Crippen LogP contribution is 2.15. The summed E-state index contributed by atoms with van der Waals surface area (Å²) in [7, 11) is -3.48. The van der Waals surface area contributed by atoms with Gasteiger partial charge in [-0.3, -0.25) is 4.79 Å². The number of amides is 1. The van der Waals surface area contributed by atoms with Gasteiger partial charge in [0, 0.05) is 11.6 Å². The summed E-state index contributed by atoms with van der Waals surface area (Å²) in [5.41, 5.74) is 0.874. The van der Waals surface area contributed by atoms with E-state index in [2.05, 4.69) is 5.32 Å². The Morgan fingerprint density at radius 3 is 2.36 bits per heavy atom. The molecule has 2 N–H and O–H groups in total. The molecule has 1 amide bonds. The lowest BCUT2D eigenvalue weighted by molar-refractivity contribution is -0.917. The van der Waals surface area contributed by atoms with Crippen LogP contribution in [0.3, 0.4) is 0 Å². The number of halogens is 1. The Balaban J connectivity index is 1.54. The third kappa shape index (κ3) is 4.72. The molecule has 1 fully saturated rings. The number of quaternary nitrogens is 1. The van der Waals surface area contributed by atoms with Crippen molar-refractivity contribution in [3.05, 3.63) is 65.2 Å². The summed E-state index contributed by atoms with van der Waals surface area (Å²) in [6.07, 6.45) is 0. The van der Waals surface area contributed by atoms with E-state index < -0.39 is 10.0 Å². The lowest BCUT2D eigenvalue weighted by Crippen LogP contribution is -3.19. The van der Waals surface area contributed by atoms with E-state index in [0.717, 1.165) is 10.5 Å². The molecule has 8 heteroatoms. The largest absolute Gasteiger partial charge is 0.347 e. The van der Waals surface area contributed by atoms with Crippen molar-refractivity contribution in [2.24, 2.45) is 0 Å². The predicted octanol–water partition coefficient (Wildman–Crippen LogP) is 0.934. The van der Waals surface area contributed by atoms with E-state index in [9.17, 15) is 13.2 Å². The quantitative estimate of drug-likeness (QED) is 0.727. The molecule has 6 nitrogen and oxygen atoms in total. The fraction of sp³-hybridized carbons (Fsp3) is 0.350. The second-order valence-electron chi connectivity index (χ2n) is 6.91. The molecule has 1 heterocycles. The number of nitrogens with zero attached hydrogens (tertiary/aromatic N) is 1. The SMILES string of the molecule is C[C@H](C(=O)NCc1ccccc1Cl)[NH+]1CCN(S(=O)(=O)c2ccccc2)CC1. The molecule has 28 heavy (non-hydrogen) atoms. The first-order chi connectivity index (χ1) is 13.4. The Morgan fingerprint density at radius 2 is 1.71 bits per heavy atom. The molecule has 1 atom stereocenters. The minimum atomic E-state index is -3.48. The van der Waals surface area contributed by atoms with Crippen LogP contribution in [0.4, 0.5) is 0 Å². The molecule has 1 aliphatic rings. The molecular weight excluding hydrogens is 398 g/mol. The molecular formula is C20H25ClN3O3S+. The molecule has 0 unspecified atom stereocenters. The molecule has 2 aromatic carbocycles. The normalized spacial score (nSPS) is 17.2. The summed E-state index contributed by atoms with van der Waals surface area (Å²) in [4.78, 5) is 13.9. The predicted molar refractivity (Wildman–Crippen MR) is 109 cm³/mol. The van der Waals surface area contributed by atoms with Crippen LogP contribution in [0.2, 0.25) is 5.02 Å². The Kier molecular flexibility index (Phi) is 6.72. The van der Waals surface area contributed by atoms with Gasteiger partial charge in [0.2, 0.25) is 10.0 Å². The van der Waals surface area contributed by atoms with Gasteiger partial charge >= 0.3 is 0 Å². The van der Waals surface area contributed by atoms with Crippen LogP contribution < -0.4 is 10.2 Å². The van der Waals surface area contributed by atoms with Crippen LogP contribution in [0, 0.1) is 0 Å². The number of rotatable bonds is 6. The van der Waals surface area contributed by atoms with E-state index in [0.29, 0.717) is 42.6 Å². The Hall–Kier alpha value is -1.93. The summed E-state index contributed by atoms with van der Waals surface area (Å²) in [5.74, 6) is -0.0608. The Morgan fingerprint density at radius 1 is 1.11 bits per heavy atom. The maximum Gasteiger partial charge on any atom is 0.278 e. The lowest BCUT2D eigenvalue weighted by atomic mass is 10.2. The molecule has 0 saturated carbocycles. The second kappa shape index (κ2) is 9.05. The van der Waals surface area contributed by atoms with Crippen LogP contribution in [-0.2, 0) is 21.4 Å². The van der Waals surface area contributed by atoms with Gasteiger partial charge < -0.3 is 10.2 Å². The zero-order valence-electron chi connectivity index (χ0n) is 15.8. The number of hydrogen-bond acceptors (Lipinski definition) is 3. The smallest absolute Gasteiger partial charge is 0.278 e. The minimum Gasteiger partial charge on any atom is -0.347 e. The van der Waals surface area contributed by atoms with E-state index in [1.807, 2.05) is 25.1 Å². The molecule has 1 aliphatic heterocycles. The van der Waals surface area contributed by atoms with Crippen molar-refractivity contribution in [1.29, 1.82) is 0 Å². The first-order valence-corrected chi connectivity index (χ1v) is 11.1. The van der Waals surface area contributed by atoms with Crippen LogP contribution >= 0.6 is 11.6 Å². The van der Waals surface area contributed by atoms with Gasteiger partial charge in [0.05, 0.1) is 31.1 Å². The number of carbonyl (C=O) groups excluding carboxylic acids is 1. The average molecular weight is 423 g/mol. The molecule has 150 valence electrons. The number of sulfonamides is 1. The fourth-order valence-electron chi connectivity index (χ4n) is 3.35. The molecule has 0 radical (unpaired) electrons. The highest BCUT2D eigenvalue weighted by atomic mass is 35.5. The highest BCUT2D eigenvalue weighted by molar-refractivity contribution is 7.89. The molecule has 0 aliphatic carbocycles. The van der Waals surface area contributed by atoms with Gasteiger partial charge in [-0.1, -0.05) is 48.0 Å². The summed E-state index contributed by atoms with van der Waals surface area (Å²) in [6, 6.07) is 15.6. The Bertz CT molecular complexity index is 913. The topological polar surface area (TPSA) is 70.9 Å². The average Bonchev–Trinajstić information content (AvgIpc) is 2.73. The van der Waals surface area contributed by atoms with Crippen molar-refractivity contribution >= 4 is 27.5 Å². The summed E-state index contributed by atoms with van der Waals surface area (Å²) in [6.45, 7) is 4.23. The van der Waals surface area contributed by atoms with Gasteiger partial charge in [0.15, 0.2) is 6.04 Å². The van der Waals surface area contributed by atoms with Gasteiger partial charge in [0.25, 0.3) is 5.91 Å². The minimum absolute atomic E-state index is 0.0608. The van der Waals surface area contributed by atoms with E-state index >= 15 is 0 Å². The van der Waals surface area contributed by atoms with Crippen molar-refractivity contribution in [3.8, 4) is 0 Å². The van der Waals surface area contributed by atoms with Crippen molar-refractivity contribution in [2.75, 3.05) is 26.2 Å². The highest BCUT2D eigenvalue weighted by Gasteiger charge is 2.34. The van der Waals surface area contributed by atoms with Crippen molar-refractivity contribution in [3.63, 3.8) is 0 Å². The van der Waals surface area contributed by atoms with Crippen molar-refractivity contribution in [2.45, 2.75) is 24.4 Å². The van der Waals surface area contributed by atoms with Gasteiger partial charge in [0.1, 0.15) is 0 Å². The molecule has 3 rings (SSSR count). The maximum absolute atomic E-state index is 12.7. The first kappa shape index (κ1) is 20.8. The summed E-state index contributed by atoms with van der Waals surface area (Å²) >= 11 is 6.13. The Labute approximate surface area is 171 Å². The molecule has 0 bridgehead atoms. The van der Waals surface area contributed by atoms with Crippen LogP contribution in [-0.4, -0.2) is 50.9 Å². The number of hydrogen-bond donors (Lipinski definition) is 2. The number of carbonyl (C=O) groups is 1. The zero-order chi connectivity index (χ0) is 20.1. The summed E-state index contributed by atoms with van der Waals surface area (Å²) in [5, 5.41) is 3.56. The maximum atomic E-state index is 12.7. The van der Waals surface area contributed by atoms with Gasteiger partial charge in [-0.05, 0) is 30.7 Å².